The highest BCUT2D eigenvalue weighted by Gasteiger charge is 2.33. The molecule has 1 atom stereocenters. The summed E-state index contributed by atoms with van der Waals surface area (Å²) in [6.45, 7) is 6.08. The minimum Gasteiger partial charge on any atom is -0.508 e. The number of cyclic esters (lactones) is 1. The Bertz CT molecular complexity index is 1270. The molecular weight excluding hydrogens is 368 g/mol. The van der Waals surface area contributed by atoms with Crippen LogP contribution in [0.3, 0.4) is 0 Å². The standard InChI is InChI=1S/C23H20N2O4/c1-3-5-12-7-18-13(8-20(12)26)6-14-10-25-19(21(14)24-18)9-16-15(4-2)23(28)29-11-17(16)22(25)27/h3,6-9,15,26H,1,4-5,10-11H2,2H3. The molecule has 0 spiro atoms. The second kappa shape index (κ2) is 6.30. The van der Waals surface area contributed by atoms with Crippen molar-refractivity contribution in [3.05, 3.63) is 69.5 Å². The number of hydrogen-bond acceptors (Lipinski definition) is 5. The van der Waals surface area contributed by atoms with E-state index in [4.69, 9.17) is 9.72 Å². The molecule has 1 unspecified atom stereocenters. The Hall–Kier alpha value is -3.41. The van der Waals surface area contributed by atoms with Crippen LogP contribution in [0.4, 0.5) is 0 Å². The van der Waals surface area contributed by atoms with Crippen LogP contribution in [0.1, 0.15) is 41.5 Å². The zero-order chi connectivity index (χ0) is 20.3. The van der Waals surface area contributed by atoms with Gasteiger partial charge in [0.2, 0.25) is 0 Å². The molecule has 29 heavy (non-hydrogen) atoms. The van der Waals surface area contributed by atoms with Crippen molar-refractivity contribution in [2.24, 2.45) is 0 Å². The van der Waals surface area contributed by atoms with Crippen LogP contribution < -0.4 is 5.56 Å². The molecule has 0 fully saturated rings. The number of carbonyl (C=O) groups is 1. The molecule has 6 heteroatoms. The summed E-state index contributed by atoms with van der Waals surface area (Å²) in [6.07, 6.45) is 2.86. The van der Waals surface area contributed by atoms with E-state index in [0.717, 1.165) is 39.0 Å². The van der Waals surface area contributed by atoms with Gasteiger partial charge in [-0.3, -0.25) is 9.59 Å². The van der Waals surface area contributed by atoms with Crippen molar-refractivity contribution in [2.45, 2.75) is 38.8 Å². The maximum Gasteiger partial charge on any atom is 0.313 e. The van der Waals surface area contributed by atoms with E-state index in [2.05, 4.69) is 6.58 Å². The quantitative estimate of drug-likeness (QED) is 0.430. The maximum atomic E-state index is 13.1. The Morgan fingerprint density at radius 1 is 1.31 bits per heavy atom. The minimum atomic E-state index is -0.419. The van der Waals surface area contributed by atoms with Crippen LogP contribution in [0, 0.1) is 0 Å². The topological polar surface area (TPSA) is 81.4 Å². The van der Waals surface area contributed by atoms with Gasteiger partial charge in [-0.25, -0.2) is 4.98 Å². The second-order valence-electron chi connectivity index (χ2n) is 7.59. The maximum absolute atomic E-state index is 13.1. The molecule has 0 bridgehead atoms. The number of benzene rings is 1. The van der Waals surface area contributed by atoms with Gasteiger partial charge in [0.25, 0.3) is 5.56 Å². The third kappa shape index (κ3) is 2.52. The highest BCUT2D eigenvalue weighted by Crippen LogP contribution is 2.37. The molecule has 1 N–H and O–H groups in total. The molecule has 1 aromatic carbocycles. The fourth-order valence-electron chi connectivity index (χ4n) is 4.40. The lowest BCUT2D eigenvalue weighted by Gasteiger charge is -2.24. The van der Waals surface area contributed by atoms with Crippen LogP contribution in [-0.4, -0.2) is 20.6 Å². The number of fused-ring (bicyclic) bond motifs is 5. The Morgan fingerprint density at radius 3 is 2.90 bits per heavy atom. The molecule has 0 saturated heterocycles. The molecule has 0 aliphatic carbocycles. The number of ether oxygens (including phenoxy) is 1. The van der Waals surface area contributed by atoms with E-state index in [1.807, 2.05) is 25.1 Å². The number of pyridine rings is 2. The lowest BCUT2D eigenvalue weighted by Crippen LogP contribution is -2.32. The predicted molar refractivity (Wildman–Crippen MR) is 109 cm³/mol. The fraction of sp³-hybridized carbons (Fsp3) is 0.261. The van der Waals surface area contributed by atoms with Crippen molar-refractivity contribution in [1.82, 2.24) is 9.55 Å². The Morgan fingerprint density at radius 2 is 2.14 bits per heavy atom. The first-order chi connectivity index (χ1) is 14.0. The monoisotopic (exact) mass is 388 g/mol. The molecule has 4 heterocycles. The average molecular weight is 388 g/mol. The fourth-order valence-corrected chi connectivity index (χ4v) is 4.40. The average Bonchev–Trinajstić information content (AvgIpc) is 3.05. The first-order valence-electron chi connectivity index (χ1n) is 9.71. The van der Waals surface area contributed by atoms with Gasteiger partial charge >= 0.3 is 5.97 Å². The Balaban J connectivity index is 1.73. The van der Waals surface area contributed by atoms with Crippen LogP contribution in [-0.2, 0) is 29.1 Å². The van der Waals surface area contributed by atoms with Gasteiger partial charge in [-0.15, -0.1) is 6.58 Å². The number of nitrogens with zero attached hydrogens (tertiary/aromatic N) is 2. The van der Waals surface area contributed by atoms with Crippen LogP contribution in [0.15, 0.2) is 41.7 Å². The molecule has 2 aliphatic heterocycles. The summed E-state index contributed by atoms with van der Waals surface area (Å²) in [5.41, 5.74) is 5.11. The van der Waals surface area contributed by atoms with Gasteiger partial charge in [0, 0.05) is 10.9 Å². The summed E-state index contributed by atoms with van der Waals surface area (Å²) in [6, 6.07) is 7.47. The van der Waals surface area contributed by atoms with E-state index in [9.17, 15) is 14.7 Å². The molecule has 5 rings (SSSR count). The minimum absolute atomic E-state index is 0.0221. The molecule has 0 amide bonds. The summed E-state index contributed by atoms with van der Waals surface area (Å²) in [5, 5.41) is 11.1. The van der Waals surface area contributed by atoms with Gasteiger partial charge in [-0.2, -0.15) is 0 Å². The Kier molecular flexibility index (Phi) is 3.84. The first kappa shape index (κ1) is 17.7. The van der Waals surface area contributed by atoms with Gasteiger partial charge in [0.05, 0.1) is 34.9 Å². The largest absolute Gasteiger partial charge is 0.508 e. The smallest absolute Gasteiger partial charge is 0.313 e. The van der Waals surface area contributed by atoms with Gasteiger partial charge in [0.1, 0.15) is 12.4 Å². The number of aromatic hydroxyl groups is 1. The van der Waals surface area contributed by atoms with Gasteiger partial charge in [-0.1, -0.05) is 13.0 Å². The second-order valence-corrected chi connectivity index (χ2v) is 7.59. The number of phenolic OH excluding ortho intramolecular Hbond substituents is 1. The molecular formula is C23H20N2O4. The lowest BCUT2D eigenvalue weighted by atomic mass is 9.90. The summed E-state index contributed by atoms with van der Waals surface area (Å²) in [7, 11) is 0. The summed E-state index contributed by atoms with van der Waals surface area (Å²) >= 11 is 0. The van der Waals surface area contributed by atoms with Crippen LogP contribution in [0.2, 0.25) is 0 Å². The van der Waals surface area contributed by atoms with E-state index < -0.39 is 5.92 Å². The van der Waals surface area contributed by atoms with Crippen molar-refractivity contribution in [1.29, 1.82) is 0 Å². The molecule has 0 saturated carbocycles. The van der Waals surface area contributed by atoms with Crippen molar-refractivity contribution in [3.63, 3.8) is 0 Å². The molecule has 0 radical (unpaired) electrons. The van der Waals surface area contributed by atoms with Crippen molar-refractivity contribution in [3.8, 4) is 17.1 Å². The lowest BCUT2D eigenvalue weighted by molar-refractivity contribution is -0.148. The number of aromatic nitrogens is 2. The summed E-state index contributed by atoms with van der Waals surface area (Å²) in [4.78, 5) is 30.1. The highest BCUT2D eigenvalue weighted by atomic mass is 16.5. The number of rotatable bonds is 3. The van der Waals surface area contributed by atoms with Crippen molar-refractivity contribution >= 4 is 16.9 Å². The molecule has 3 aromatic rings. The zero-order valence-corrected chi connectivity index (χ0v) is 16.1. The molecule has 6 nitrogen and oxygen atoms in total. The van der Waals surface area contributed by atoms with Crippen LogP contribution in [0.25, 0.3) is 22.3 Å². The first-order valence-corrected chi connectivity index (χ1v) is 9.71. The van der Waals surface area contributed by atoms with Crippen molar-refractivity contribution in [2.75, 3.05) is 0 Å². The van der Waals surface area contributed by atoms with Crippen molar-refractivity contribution < 1.29 is 14.6 Å². The highest BCUT2D eigenvalue weighted by molar-refractivity contribution is 5.87. The number of esters is 1. The SMILES string of the molecule is C=CCc1cc2nc3c(cc2cc1O)Cn1c-3cc2c(c1=O)COC(=O)C2CC. The Labute approximate surface area is 167 Å². The normalized spacial score (nSPS) is 16.9. The molecule has 2 aliphatic rings. The van der Waals surface area contributed by atoms with Crippen LogP contribution in [0.5, 0.6) is 5.75 Å². The van der Waals surface area contributed by atoms with Crippen LogP contribution >= 0.6 is 0 Å². The van der Waals surface area contributed by atoms with E-state index in [0.29, 0.717) is 24.9 Å². The summed E-state index contributed by atoms with van der Waals surface area (Å²) < 4.78 is 6.93. The van der Waals surface area contributed by atoms with E-state index in [-0.39, 0.29) is 23.9 Å². The molecule has 2 aromatic heterocycles. The van der Waals surface area contributed by atoms with E-state index in [1.54, 1.807) is 16.7 Å². The van der Waals surface area contributed by atoms with Gasteiger partial charge < -0.3 is 14.4 Å². The third-order valence-corrected chi connectivity index (χ3v) is 5.89. The number of phenols is 1. The third-order valence-electron chi connectivity index (χ3n) is 5.89. The number of carbonyl (C=O) groups excluding carboxylic acids is 1. The molecule has 146 valence electrons. The van der Waals surface area contributed by atoms with E-state index >= 15 is 0 Å². The number of allylic oxidation sites excluding steroid dienone is 1. The van der Waals surface area contributed by atoms with Gasteiger partial charge in [-0.05, 0) is 48.2 Å². The summed E-state index contributed by atoms with van der Waals surface area (Å²) in [5.74, 6) is -0.486. The number of hydrogen-bond donors (Lipinski definition) is 1. The van der Waals surface area contributed by atoms with Gasteiger partial charge in [0.15, 0.2) is 0 Å². The van der Waals surface area contributed by atoms with E-state index in [1.165, 1.54) is 0 Å². The predicted octanol–water partition coefficient (Wildman–Crippen LogP) is 3.41. The zero-order valence-electron chi connectivity index (χ0n) is 16.1.